The number of carbonyl (C=O) groups is 4. The van der Waals surface area contributed by atoms with Crippen LogP contribution in [-0.2, 0) is 14.4 Å². The number of urea groups is 1. The third kappa shape index (κ3) is 8.42. The second kappa shape index (κ2) is 11.2. The van der Waals surface area contributed by atoms with Crippen LogP contribution in [0, 0.1) is 0 Å². The number of nitrogens with one attached hydrogen (secondary N) is 4. The summed E-state index contributed by atoms with van der Waals surface area (Å²) in [4.78, 5) is 46.3. The lowest BCUT2D eigenvalue weighted by molar-refractivity contribution is -0.137. The molecule has 5 N–H and O–H groups in total. The zero-order valence-corrected chi connectivity index (χ0v) is 16.5. The Morgan fingerprint density at radius 3 is 1.83 bits per heavy atom. The average Bonchev–Trinajstić information content (AvgIpc) is 2.68. The van der Waals surface area contributed by atoms with Crippen LogP contribution < -0.4 is 21.3 Å². The Bertz CT molecular complexity index is 884. The van der Waals surface area contributed by atoms with E-state index < -0.39 is 12.0 Å². The molecule has 1 unspecified atom stereocenters. The molecule has 2 aromatic carbocycles. The van der Waals surface area contributed by atoms with Crippen molar-refractivity contribution < 1.29 is 24.3 Å². The number of aliphatic carboxylic acids is 1. The zero-order chi connectivity index (χ0) is 21.9. The summed E-state index contributed by atoms with van der Waals surface area (Å²) in [6.45, 7) is 1.59. The predicted octanol–water partition coefficient (Wildman–Crippen LogP) is 3.03. The van der Waals surface area contributed by atoms with Crippen molar-refractivity contribution in [3.05, 3.63) is 54.6 Å². The second-order valence-electron chi connectivity index (χ2n) is 6.64. The normalized spacial score (nSPS) is 11.1. The molecule has 0 saturated heterocycles. The van der Waals surface area contributed by atoms with Crippen molar-refractivity contribution >= 4 is 40.9 Å². The van der Waals surface area contributed by atoms with Crippen LogP contribution in [0.1, 0.15) is 26.2 Å². The number of rotatable bonds is 9. The van der Waals surface area contributed by atoms with Crippen LogP contribution in [0.3, 0.4) is 0 Å². The van der Waals surface area contributed by atoms with Gasteiger partial charge in [-0.25, -0.2) is 4.79 Å². The molecule has 1 atom stereocenters. The van der Waals surface area contributed by atoms with Gasteiger partial charge in [0, 0.05) is 35.9 Å². The number of carbonyl (C=O) groups excluding carboxylic acids is 3. The van der Waals surface area contributed by atoms with E-state index in [-0.39, 0.29) is 37.1 Å². The Balaban J connectivity index is 1.74. The van der Waals surface area contributed by atoms with E-state index in [1.807, 2.05) is 18.2 Å². The van der Waals surface area contributed by atoms with Crippen molar-refractivity contribution in [3.63, 3.8) is 0 Å². The monoisotopic (exact) mass is 412 g/mol. The van der Waals surface area contributed by atoms with Crippen LogP contribution in [0.15, 0.2) is 54.6 Å². The van der Waals surface area contributed by atoms with Crippen LogP contribution in [0.5, 0.6) is 0 Å². The van der Waals surface area contributed by atoms with Gasteiger partial charge in [0.15, 0.2) is 0 Å². The van der Waals surface area contributed by atoms with Crippen LogP contribution >= 0.6 is 0 Å². The highest BCUT2D eigenvalue weighted by Crippen LogP contribution is 2.15. The smallest absolute Gasteiger partial charge is 0.323 e. The molecule has 0 aliphatic rings. The van der Waals surface area contributed by atoms with Gasteiger partial charge in [0.2, 0.25) is 11.8 Å². The summed E-state index contributed by atoms with van der Waals surface area (Å²) in [5.74, 6) is -1.74. The van der Waals surface area contributed by atoms with Crippen molar-refractivity contribution in [3.8, 4) is 0 Å². The van der Waals surface area contributed by atoms with Gasteiger partial charge in [0.25, 0.3) is 0 Å². The number of hydrogen-bond donors (Lipinski definition) is 5. The third-order valence-electron chi connectivity index (χ3n) is 3.93. The number of anilines is 3. The van der Waals surface area contributed by atoms with Gasteiger partial charge < -0.3 is 26.4 Å². The Morgan fingerprint density at radius 1 is 0.767 bits per heavy atom. The number of amides is 4. The first-order valence-electron chi connectivity index (χ1n) is 9.36. The maximum absolute atomic E-state index is 12.0. The highest BCUT2D eigenvalue weighted by Gasteiger charge is 2.12. The molecule has 0 radical (unpaired) electrons. The fourth-order valence-corrected chi connectivity index (χ4v) is 2.56. The summed E-state index contributed by atoms with van der Waals surface area (Å²) in [5.41, 5.74) is 1.74. The largest absolute Gasteiger partial charge is 0.481 e. The number of benzene rings is 2. The topological polar surface area (TPSA) is 137 Å². The number of carboxylic acids is 1. The molecule has 0 saturated carbocycles. The summed E-state index contributed by atoms with van der Waals surface area (Å²) >= 11 is 0. The fourth-order valence-electron chi connectivity index (χ4n) is 2.56. The first-order chi connectivity index (χ1) is 14.3. The lowest BCUT2D eigenvalue weighted by Crippen LogP contribution is -2.34. The highest BCUT2D eigenvalue weighted by molar-refractivity contribution is 6.00. The number of para-hydroxylation sites is 1. The molecule has 4 amide bonds. The Hall–Kier alpha value is -3.88. The minimum absolute atomic E-state index is 0.0366. The molecule has 0 heterocycles. The van der Waals surface area contributed by atoms with E-state index in [1.54, 1.807) is 43.3 Å². The molecule has 0 aliphatic carbocycles. The van der Waals surface area contributed by atoms with Crippen LogP contribution in [0.25, 0.3) is 0 Å². The standard InChI is InChI=1S/C21H24N4O5/c1-14(13-20(28)29)22-18(26)11-12-19(27)23-16-7-9-17(10-8-16)25-21(30)24-15-5-3-2-4-6-15/h2-10,14H,11-13H2,1H3,(H,22,26)(H,23,27)(H,28,29)(H2,24,25,30). The van der Waals surface area contributed by atoms with E-state index in [4.69, 9.17) is 5.11 Å². The van der Waals surface area contributed by atoms with Crippen molar-refractivity contribution in [2.45, 2.75) is 32.2 Å². The lowest BCUT2D eigenvalue weighted by atomic mass is 10.2. The molecule has 2 aromatic rings. The molecule has 2 rings (SSSR count). The van der Waals surface area contributed by atoms with Gasteiger partial charge in [-0.2, -0.15) is 0 Å². The van der Waals surface area contributed by atoms with E-state index >= 15 is 0 Å². The predicted molar refractivity (Wildman–Crippen MR) is 113 cm³/mol. The van der Waals surface area contributed by atoms with Crippen molar-refractivity contribution in [1.29, 1.82) is 0 Å². The summed E-state index contributed by atoms with van der Waals surface area (Å²) < 4.78 is 0. The van der Waals surface area contributed by atoms with Gasteiger partial charge in [-0.15, -0.1) is 0 Å². The molecule has 30 heavy (non-hydrogen) atoms. The van der Waals surface area contributed by atoms with E-state index in [0.717, 1.165) is 0 Å². The van der Waals surface area contributed by atoms with Gasteiger partial charge in [-0.05, 0) is 43.3 Å². The molecule has 0 aliphatic heterocycles. The number of carboxylic acid groups (broad SMARTS) is 1. The fraction of sp³-hybridized carbons (Fsp3) is 0.238. The van der Waals surface area contributed by atoms with Gasteiger partial charge in [0.05, 0.1) is 6.42 Å². The zero-order valence-electron chi connectivity index (χ0n) is 16.5. The molecule has 158 valence electrons. The average molecular weight is 412 g/mol. The lowest BCUT2D eigenvalue weighted by Gasteiger charge is -2.11. The van der Waals surface area contributed by atoms with Gasteiger partial charge in [-0.1, -0.05) is 18.2 Å². The van der Waals surface area contributed by atoms with E-state index in [0.29, 0.717) is 17.1 Å². The van der Waals surface area contributed by atoms with Crippen molar-refractivity contribution in [1.82, 2.24) is 5.32 Å². The maximum Gasteiger partial charge on any atom is 0.323 e. The molecule has 0 aromatic heterocycles. The molecule has 9 nitrogen and oxygen atoms in total. The maximum atomic E-state index is 12.0. The van der Waals surface area contributed by atoms with Crippen molar-refractivity contribution in [2.75, 3.05) is 16.0 Å². The highest BCUT2D eigenvalue weighted by atomic mass is 16.4. The molecular formula is C21H24N4O5. The van der Waals surface area contributed by atoms with E-state index in [1.165, 1.54) is 0 Å². The quantitative estimate of drug-likeness (QED) is 0.431. The summed E-state index contributed by atoms with van der Waals surface area (Å²) in [5, 5.41) is 19.2. The molecule has 0 spiro atoms. The summed E-state index contributed by atoms with van der Waals surface area (Å²) in [6.07, 6.45) is -0.262. The SMILES string of the molecule is CC(CC(=O)O)NC(=O)CCC(=O)Nc1ccc(NC(=O)Nc2ccccc2)cc1. The first kappa shape index (κ1) is 22.4. The Kier molecular flexibility index (Phi) is 8.37. The Labute approximate surface area is 173 Å². The van der Waals surface area contributed by atoms with E-state index in [9.17, 15) is 19.2 Å². The molecule has 0 bridgehead atoms. The van der Waals surface area contributed by atoms with Crippen molar-refractivity contribution in [2.24, 2.45) is 0 Å². The number of hydrogen-bond acceptors (Lipinski definition) is 4. The second-order valence-corrected chi connectivity index (χ2v) is 6.64. The molecule has 9 heteroatoms. The van der Waals surface area contributed by atoms with Crippen LogP contribution in [0.2, 0.25) is 0 Å². The van der Waals surface area contributed by atoms with Gasteiger partial charge >= 0.3 is 12.0 Å². The first-order valence-corrected chi connectivity index (χ1v) is 9.36. The van der Waals surface area contributed by atoms with Gasteiger partial charge in [0.1, 0.15) is 0 Å². The Morgan fingerprint density at radius 2 is 1.27 bits per heavy atom. The minimum atomic E-state index is -1.00. The van der Waals surface area contributed by atoms with Gasteiger partial charge in [-0.3, -0.25) is 14.4 Å². The molecular weight excluding hydrogens is 388 g/mol. The minimum Gasteiger partial charge on any atom is -0.481 e. The molecule has 0 fully saturated rings. The van der Waals surface area contributed by atoms with Crippen LogP contribution in [-0.4, -0.2) is 35.0 Å². The summed E-state index contributed by atoms with van der Waals surface area (Å²) in [6, 6.07) is 14.7. The third-order valence-corrected chi connectivity index (χ3v) is 3.93. The van der Waals surface area contributed by atoms with Crippen LogP contribution in [0.4, 0.5) is 21.9 Å². The van der Waals surface area contributed by atoms with E-state index in [2.05, 4.69) is 21.3 Å². The summed E-state index contributed by atoms with van der Waals surface area (Å²) in [7, 11) is 0.